The van der Waals surface area contributed by atoms with Crippen molar-refractivity contribution in [3.05, 3.63) is 54.2 Å². The normalized spacial score (nSPS) is 21.8. The van der Waals surface area contributed by atoms with Gasteiger partial charge in [-0.25, -0.2) is 9.67 Å². The van der Waals surface area contributed by atoms with Crippen molar-refractivity contribution < 1.29 is 19.2 Å². The monoisotopic (exact) mass is 398 g/mol. The topological polar surface area (TPSA) is 128 Å². The van der Waals surface area contributed by atoms with E-state index in [0.717, 1.165) is 17.9 Å². The van der Waals surface area contributed by atoms with Crippen LogP contribution in [0.25, 0.3) is 5.69 Å². The van der Waals surface area contributed by atoms with Crippen molar-refractivity contribution in [2.45, 2.75) is 43.9 Å². The number of aliphatic hydroxyl groups excluding tert-OH is 1. The number of methoxy groups -OCH3 is 1. The smallest absolute Gasteiger partial charge is 0.290 e. The summed E-state index contributed by atoms with van der Waals surface area (Å²) in [4.78, 5) is 21.2. The van der Waals surface area contributed by atoms with Crippen LogP contribution >= 0.6 is 0 Å². The van der Waals surface area contributed by atoms with E-state index in [4.69, 9.17) is 9.26 Å². The van der Waals surface area contributed by atoms with Crippen LogP contribution in [0.15, 0.2) is 41.3 Å². The molecule has 0 aromatic carbocycles. The fraction of sp³-hybridized carbons (Fsp3) is 0.421. The minimum absolute atomic E-state index is 0.00302. The molecule has 2 N–H and O–H groups in total. The summed E-state index contributed by atoms with van der Waals surface area (Å²) >= 11 is 0. The minimum Gasteiger partial charge on any atom is -0.391 e. The lowest BCUT2D eigenvalue weighted by molar-refractivity contribution is 0.0648. The van der Waals surface area contributed by atoms with E-state index < -0.39 is 18.1 Å². The zero-order valence-electron chi connectivity index (χ0n) is 15.9. The summed E-state index contributed by atoms with van der Waals surface area (Å²) in [6.07, 6.45) is 5.95. The Morgan fingerprint density at radius 2 is 2.28 bits per heavy atom. The summed E-state index contributed by atoms with van der Waals surface area (Å²) < 4.78 is 11.8. The fourth-order valence-corrected chi connectivity index (χ4v) is 3.61. The van der Waals surface area contributed by atoms with Crippen molar-refractivity contribution in [3.63, 3.8) is 0 Å². The SMILES string of the molecule is COCc1nc([C@H]2CC[C@@H](O)[C@H](NC(=O)c3ccno3)C2)n(-c2cccnc2)n1. The van der Waals surface area contributed by atoms with Gasteiger partial charge in [-0.2, -0.15) is 0 Å². The summed E-state index contributed by atoms with van der Waals surface area (Å²) in [6, 6.07) is 4.79. The first-order valence-electron chi connectivity index (χ1n) is 9.40. The molecular formula is C19H22N6O4. The summed E-state index contributed by atoms with van der Waals surface area (Å²) in [6.45, 7) is 0.293. The van der Waals surface area contributed by atoms with Crippen LogP contribution in [-0.2, 0) is 11.3 Å². The van der Waals surface area contributed by atoms with Crippen LogP contribution in [0.3, 0.4) is 0 Å². The van der Waals surface area contributed by atoms with Crippen molar-refractivity contribution in [2.75, 3.05) is 7.11 Å². The molecule has 3 atom stereocenters. The van der Waals surface area contributed by atoms with Gasteiger partial charge >= 0.3 is 0 Å². The Kier molecular flexibility index (Phi) is 5.63. The number of amides is 1. The van der Waals surface area contributed by atoms with E-state index in [2.05, 4.69) is 25.5 Å². The molecule has 0 aliphatic heterocycles. The number of aliphatic hydroxyl groups is 1. The third-order valence-corrected chi connectivity index (χ3v) is 5.00. The second-order valence-electron chi connectivity index (χ2n) is 6.98. The first kappa shape index (κ1) is 19.2. The summed E-state index contributed by atoms with van der Waals surface area (Å²) in [5.74, 6) is 1.04. The van der Waals surface area contributed by atoms with E-state index in [9.17, 15) is 9.90 Å². The van der Waals surface area contributed by atoms with Crippen LogP contribution < -0.4 is 5.32 Å². The highest BCUT2D eigenvalue weighted by Crippen LogP contribution is 2.33. The van der Waals surface area contributed by atoms with Gasteiger partial charge in [0.25, 0.3) is 5.91 Å². The Bertz CT molecular complexity index is 943. The number of rotatable bonds is 6. The molecule has 0 unspecified atom stereocenters. The molecule has 29 heavy (non-hydrogen) atoms. The van der Waals surface area contributed by atoms with Crippen molar-refractivity contribution in [2.24, 2.45) is 0 Å². The molecule has 0 radical (unpaired) electrons. The van der Waals surface area contributed by atoms with Gasteiger partial charge in [0.15, 0.2) is 5.82 Å². The Morgan fingerprint density at radius 1 is 1.38 bits per heavy atom. The average Bonchev–Trinajstić information content (AvgIpc) is 3.41. The molecule has 3 aromatic heterocycles. The van der Waals surface area contributed by atoms with E-state index in [1.54, 1.807) is 24.2 Å². The second-order valence-corrected chi connectivity index (χ2v) is 6.98. The molecule has 1 amide bonds. The van der Waals surface area contributed by atoms with Gasteiger partial charge in [0.2, 0.25) is 5.76 Å². The first-order chi connectivity index (χ1) is 14.2. The molecule has 3 aromatic rings. The number of carbonyl (C=O) groups excluding carboxylic acids is 1. The van der Waals surface area contributed by atoms with Crippen LogP contribution in [0, 0.1) is 0 Å². The van der Waals surface area contributed by atoms with Gasteiger partial charge in [0, 0.05) is 25.3 Å². The molecule has 4 rings (SSSR count). The quantitative estimate of drug-likeness (QED) is 0.634. The lowest BCUT2D eigenvalue weighted by Crippen LogP contribution is -2.46. The maximum Gasteiger partial charge on any atom is 0.290 e. The molecule has 1 aliphatic rings. The van der Waals surface area contributed by atoms with E-state index in [1.165, 1.54) is 12.3 Å². The first-order valence-corrected chi connectivity index (χ1v) is 9.40. The predicted molar refractivity (Wildman–Crippen MR) is 100 cm³/mol. The van der Waals surface area contributed by atoms with Crippen molar-refractivity contribution in [1.29, 1.82) is 0 Å². The van der Waals surface area contributed by atoms with Crippen molar-refractivity contribution >= 4 is 5.91 Å². The van der Waals surface area contributed by atoms with Crippen molar-refractivity contribution in [3.8, 4) is 5.69 Å². The van der Waals surface area contributed by atoms with Gasteiger partial charge in [-0.05, 0) is 31.4 Å². The van der Waals surface area contributed by atoms with Crippen LogP contribution in [0.4, 0.5) is 0 Å². The Balaban J connectivity index is 1.58. The van der Waals surface area contributed by atoms with Crippen LogP contribution in [0.2, 0.25) is 0 Å². The molecule has 152 valence electrons. The number of nitrogens with zero attached hydrogens (tertiary/aromatic N) is 5. The molecule has 10 heteroatoms. The molecule has 0 bridgehead atoms. The molecule has 1 aliphatic carbocycles. The van der Waals surface area contributed by atoms with Gasteiger partial charge < -0.3 is 19.7 Å². The number of hydrogen-bond donors (Lipinski definition) is 2. The standard InChI is InChI=1S/C19H22N6O4/c1-28-11-17-23-18(25(24-17)13-3-2-7-20-10-13)12-4-5-15(26)14(9-12)22-19(27)16-6-8-21-29-16/h2-3,6-8,10,12,14-15,26H,4-5,9,11H2,1H3,(H,22,27)/t12-,14+,15+/m0/s1. The van der Waals surface area contributed by atoms with Gasteiger partial charge in [-0.15, -0.1) is 5.10 Å². The maximum atomic E-state index is 12.3. The highest BCUT2D eigenvalue weighted by molar-refractivity contribution is 5.91. The molecule has 3 heterocycles. The summed E-state index contributed by atoms with van der Waals surface area (Å²) in [5, 5.41) is 21.4. The van der Waals surface area contributed by atoms with Crippen LogP contribution in [0.5, 0.6) is 0 Å². The fourth-order valence-electron chi connectivity index (χ4n) is 3.61. The lowest BCUT2D eigenvalue weighted by Gasteiger charge is -2.33. The highest BCUT2D eigenvalue weighted by Gasteiger charge is 2.34. The molecule has 0 saturated heterocycles. The Labute approximate surface area is 166 Å². The maximum absolute atomic E-state index is 12.3. The summed E-state index contributed by atoms with van der Waals surface area (Å²) in [5.41, 5.74) is 0.797. The molecule has 0 spiro atoms. The minimum atomic E-state index is -0.647. The molecule has 1 saturated carbocycles. The van der Waals surface area contributed by atoms with E-state index in [-0.39, 0.29) is 11.7 Å². The number of aromatic nitrogens is 5. The Morgan fingerprint density at radius 3 is 3.00 bits per heavy atom. The average molecular weight is 398 g/mol. The summed E-state index contributed by atoms with van der Waals surface area (Å²) in [7, 11) is 1.59. The molecule has 1 fully saturated rings. The number of nitrogens with one attached hydrogen (secondary N) is 1. The van der Waals surface area contributed by atoms with Crippen LogP contribution in [-0.4, -0.2) is 55.2 Å². The number of carbonyl (C=O) groups is 1. The second kappa shape index (κ2) is 8.50. The van der Waals surface area contributed by atoms with E-state index >= 15 is 0 Å². The largest absolute Gasteiger partial charge is 0.391 e. The lowest BCUT2D eigenvalue weighted by atomic mass is 9.83. The van der Waals surface area contributed by atoms with E-state index in [1.807, 2.05) is 12.1 Å². The third-order valence-electron chi connectivity index (χ3n) is 5.00. The van der Waals surface area contributed by atoms with Gasteiger partial charge in [-0.1, -0.05) is 5.16 Å². The molecule has 10 nitrogen and oxygen atoms in total. The zero-order chi connectivity index (χ0) is 20.2. The highest BCUT2D eigenvalue weighted by atomic mass is 16.5. The third kappa shape index (κ3) is 4.17. The predicted octanol–water partition coefficient (Wildman–Crippen LogP) is 1.22. The van der Waals surface area contributed by atoms with Crippen LogP contribution in [0.1, 0.15) is 47.4 Å². The van der Waals surface area contributed by atoms with Gasteiger partial charge in [0.1, 0.15) is 12.4 Å². The number of ether oxygens (including phenoxy) is 1. The zero-order valence-corrected chi connectivity index (χ0v) is 15.9. The van der Waals surface area contributed by atoms with Gasteiger partial charge in [-0.3, -0.25) is 9.78 Å². The molecular weight excluding hydrogens is 376 g/mol. The Hall–Kier alpha value is -3.11. The number of pyridine rings is 1. The van der Waals surface area contributed by atoms with Gasteiger partial charge in [0.05, 0.1) is 30.2 Å². The van der Waals surface area contributed by atoms with Crippen molar-refractivity contribution in [1.82, 2.24) is 30.2 Å². The number of hydrogen-bond acceptors (Lipinski definition) is 8. The van der Waals surface area contributed by atoms with E-state index in [0.29, 0.717) is 25.3 Å².